The first-order chi connectivity index (χ1) is 7.02. The van der Waals surface area contributed by atoms with E-state index in [2.05, 4.69) is 19.1 Å². The number of rotatable bonds is 2. The molecule has 2 N–H and O–H groups in total. The fourth-order valence-electron chi connectivity index (χ4n) is 0.677. The van der Waals surface area contributed by atoms with Gasteiger partial charge < -0.3 is 10.2 Å². The lowest BCUT2D eigenvalue weighted by atomic mass is 10.2. The SMILES string of the molecule is Cc1ccccc1.O=C(O)C=CC(=O)O. The number of carbonyl (C=O) groups is 2. The van der Waals surface area contributed by atoms with Crippen molar-refractivity contribution in [3.8, 4) is 0 Å². The van der Waals surface area contributed by atoms with Gasteiger partial charge in [-0.2, -0.15) is 0 Å². The van der Waals surface area contributed by atoms with Crippen LogP contribution in [0.1, 0.15) is 5.56 Å². The van der Waals surface area contributed by atoms with Crippen LogP contribution in [0.5, 0.6) is 0 Å². The molecular weight excluding hydrogens is 196 g/mol. The summed E-state index contributed by atoms with van der Waals surface area (Å²) in [6.07, 6.45) is 1.12. The van der Waals surface area contributed by atoms with E-state index in [4.69, 9.17) is 10.2 Å². The van der Waals surface area contributed by atoms with E-state index in [1.165, 1.54) is 5.56 Å². The van der Waals surface area contributed by atoms with Gasteiger partial charge in [0.05, 0.1) is 0 Å². The topological polar surface area (TPSA) is 74.6 Å². The van der Waals surface area contributed by atoms with Crippen molar-refractivity contribution in [1.82, 2.24) is 0 Å². The van der Waals surface area contributed by atoms with Crippen molar-refractivity contribution in [2.24, 2.45) is 0 Å². The molecule has 1 aromatic carbocycles. The number of carboxylic acid groups (broad SMARTS) is 2. The van der Waals surface area contributed by atoms with Gasteiger partial charge in [0, 0.05) is 12.2 Å². The number of hydrogen-bond acceptors (Lipinski definition) is 2. The molecule has 0 saturated heterocycles. The number of hydrogen-bond donors (Lipinski definition) is 2. The summed E-state index contributed by atoms with van der Waals surface area (Å²) >= 11 is 0. The Morgan fingerprint density at radius 3 is 1.60 bits per heavy atom. The standard InChI is InChI=1S/C7H8.C4H4O4/c1-7-5-3-2-4-6-7;5-3(6)1-2-4(7)8/h2-6H,1H3;1-2H,(H,5,6)(H,7,8). The maximum absolute atomic E-state index is 9.55. The zero-order chi connectivity index (χ0) is 11.7. The normalized spacial score (nSPS) is 9.13. The Bertz CT molecular complexity index is 325. The van der Waals surface area contributed by atoms with Crippen LogP contribution in [0.4, 0.5) is 0 Å². The highest BCUT2D eigenvalue weighted by molar-refractivity contribution is 5.89. The Kier molecular flexibility index (Phi) is 6.29. The van der Waals surface area contributed by atoms with Crippen molar-refractivity contribution in [2.75, 3.05) is 0 Å². The third-order valence-corrected chi connectivity index (χ3v) is 1.31. The van der Waals surface area contributed by atoms with E-state index < -0.39 is 11.9 Å². The number of benzene rings is 1. The molecule has 0 radical (unpaired) electrons. The average molecular weight is 208 g/mol. The van der Waals surface area contributed by atoms with E-state index in [9.17, 15) is 9.59 Å². The number of aryl methyl sites for hydroxylation is 1. The summed E-state index contributed by atoms with van der Waals surface area (Å²) in [6, 6.07) is 10.3. The molecule has 0 aliphatic carbocycles. The third kappa shape index (κ3) is 9.82. The first-order valence-electron chi connectivity index (χ1n) is 4.18. The van der Waals surface area contributed by atoms with Crippen LogP contribution in [0.25, 0.3) is 0 Å². The summed E-state index contributed by atoms with van der Waals surface area (Å²) in [5.41, 5.74) is 1.32. The molecule has 0 aromatic heterocycles. The molecule has 0 aliphatic rings. The minimum atomic E-state index is -1.26. The monoisotopic (exact) mass is 208 g/mol. The Morgan fingerprint density at radius 1 is 1.00 bits per heavy atom. The van der Waals surface area contributed by atoms with E-state index in [0.29, 0.717) is 12.2 Å². The van der Waals surface area contributed by atoms with E-state index in [1.54, 1.807) is 0 Å². The molecule has 1 aromatic rings. The van der Waals surface area contributed by atoms with Gasteiger partial charge in [-0.15, -0.1) is 0 Å². The predicted molar refractivity (Wildman–Crippen MR) is 55.6 cm³/mol. The van der Waals surface area contributed by atoms with Crippen LogP contribution in [-0.2, 0) is 9.59 Å². The summed E-state index contributed by atoms with van der Waals surface area (Å²) in [4.78, 5) is 19.1. The smallest absolute Gasteiger partial charge is 0.328 e. The Labute approximate surface area is 87.5 Å². The van der Waals surface area contributed by atoms with Gasteiger partial charge in [0.1, 0.15) is 0 Å². The zero-order valence-electron chi connectivity index (χ0n) is 8.25. The zero-order valence-corrected chi connectivity index (χ0v) is 8.25. The molecule has 4 nitrogen and oxygen atoms in total. The highest BCUT2D eigenvalue weighted by atomic mass is 16.4. The van der Waals surface area contributed by atoms with Gasteiger partial charge in [0.15, 0.2) is 0 Å². The first kappa shape index (κ1) is 12.9. The molecule has 0 spiro atoms. The molecule has 0 heterocycles. The second-order valence-electron chi connectivity index (χ2n) is 2.66. The summed E-state index contributed by atoms with van der Waals surface area (Å²) in [6.45, 7) is 2.08. The lowest BCUT2D eigenvalue weighted by Crippen LogP contribution is -1.91. The minimum Gasteiger partial charge on any atom is -0.478 e. The van der Waals surface area contributed by atoms with Crippen molar-refractivity contribution >= 4 is 11.9 Å². The maximum atomic E-state index is 9.55. The molecule has 0 aliphatic heterocycles. The molecule has 0 unspecified atom stereocenters. The molecule has 0 bridgehead atoms. The van der Waals surface area contributed by atoms with E-state index in [0.717, 1.165) is 0 Å². The molecule has 15 heavy (non-hydrogen) atoms. The average Bonchev–Trinajstić information content (AvgIpc) is 2.17. The Morgan fingerprint density at radius 2 is 1.40 bits per heavy atom. The van der Waals surface area contributed by atoms with Gasteiger partial charge in [0.2, 0.25) is 0 Å². The van der Waals surface area contributed by atoms with Crippen LogP contribution in [0.3, 0.4) is 0 Å². The highest BCUT2D eigenvalue weighted by Crippen LogP contribution is 1.92. The third-order valence-electron chi connectivity index (χ3n) is 1.31. The van der Waals surface area contributed by atoms with E-state index in [-0.39, 0.29) is 0 Å². The van der Waals surface area contributed by atoms with Crippen LogP contribution in [0.2, 0.25) is 0 Å². The number of aliphatic carboxylic acids is 2. The van der Waals surface area contributed by atoms with Crippen LogP contribution >= 0.6 is 0 Å². The fraction of sp³-hybridized carbons (Fsp3) is 0.0909. The molecule has 0 atom stereocenters. The van der Waals surface area contributed by atoms with Crippen molar-refractivity contribution in [2.45, 2.75) is 6.92 Å². The first-order valence-corrected chi connectivity index (χ1v) is 4.18. The highest BCUT2D eigenvalue weighted by Gasteiger charge is 1.88. The quantitative estimate of drug-likeness (QED) is 0.725. The van der Waals surface area contributed by atoms with Gasteiger partial charge in [-0.3, -0.25) is 0 Å². The van der Waals surface area contributed by atoms with Crippen LogP contribution in [-0.4, -0.2) is 22.2 Å². The van der Waals surface area contributed by atoms with Crippen molar-refractivity contribution < 1.29 is 19.8 Å². The predicted octanol–water partition coefficient (Wildman–Crippen LogP) is 1.71. The van der Waals surface area contributed by atoms with Gasteiger partial charge >= 0.3 is 11.9 Å². The summed E-state index contributed by atoms with van der Waals surface area (Å²) in [5.74, 6) is -2.51. The lowest BCUT2D eigenvalue weighted by Gasteiger charge is -1.82. The van der Waals surface area contributed by atoms with Crippen molar-refractivity contribution in [3.05, 3.63) is 48.0 Å². The van der Waals surface area contributed by atoms with Gasteiger partial charge in [-0.05, 0) is 6.92 Å². The van der Waals surface area contributed by atoms with Gasteiger partial charge in [0.25, 0.3) is 0 Å². The molecule has 0 amide bonds. The van der Waals surface area contributed by atoms with Crippen molar-refractivity contribution in [1.29, 1.82) is 0 Å². The maximum Gasteiger partial charge on any atom is 0.328 e. The Balaban J connectivity index is 0.000000262. The molecule has 0 saturated carbocycles. The Hall–Kier alpha value is -2.10. The van der Waals surface area contributed by atoms with Crippen LogP contribution in [0.15, 0.2) is 42.5 Å². The molecule has 4 heteroatoms. The van der Waals surface area contributed by atoms with Gasteiger partial charge in [-0.1, -0.05) is 35.9 Å². The molecule has 80 valence electrons. The second kappa shape index (κ2) is 7.32. The summed E-state index contributed by atoms with van der Waals surface area (Å²) in [7, 11) is 0. The number of carboxylic acids is 2. The molecular formula is C11H12O4. The fourth-order valence-corrected chi connectivity index (χ4v) is 0.677. The summed E-state index contributed by atoms with van der Waals surface area (Å²) < 4.78 is 0. The largest absolute Gasteiger partial charge is 0.478 e. The lowest BCUT2D eigenvalue weighted by molar-refractivity contribution is -0.134. The van der Waals surface area contributed by atoms with Crippen LogP contribution in [0, 0.1) is 6.92 Å². The van der Waals surface area contributed by atoms with E-state index in [1.807, 2.05) is 18.2 Å². The second-order valence-corrected chi connectivity index (χ2v) is 2.66. The van der Waals surface area contributed by atoms with Crippen molar-refractivity contribution in [3.63, 3.8) is 0 Å². The molecule has 0 fully saturated rings. The summed E-state index contributed by atoms with van der Waals surface area (Å²) in [5, 5.41) is 15.6. The van der Waals surface area contributed by atoms with Gasteiger partial charge in [-0.25, -0.2) is 9.59 Å². The van der Waals surface area contributed by atoms with Crippen LogP contribution < -0.4 is 0 Å². The minimum absolute atomic E-state index is 0.558. The molecule has 1 rings (SSSR count). The van der Waals surface area contributed by atoms with E-state index >= 15 is 0 Å².